The second-order valence-corrected chi connectivity index (χ2v) is 6.31. The Hall–Kier alpha value is -2.88. The Morgan fingerprint density at radius 1 is 0.960 bits per heavy atom. The maximum atomic E-state index is 12.3. The van der Waals surface area contributed by atoms with Crippen LogP contribution in [0.2, 0.25) is 0 Å². The third kappa shape index (κ3) is 4.57. The first-order valence-electron chi connectivity index (χ1n) is 8.57. The van der Waals surface area contributed by atoms with Crippen LogP contribution in [0.1, 0.15) is 34.3 Å². The maximum absolute atomic E-state index is 12.3. The minimum absolute atomic E-state index is 0.0645. The van der Waals surface area contributed by atoms with Crippen molar-refractivity contribution >= 4 is 23.6 Å². The predicted molar refractivity (Wildman–Crippen MR) is 100 cm³/mol. The van der Waals surface area contributed by atoms with Crippen LogP contribution in [0.3, 0.4) is 0 Å². The molecule has 1 aliphatic heterocycles. The third-order valence-electron chi connectivity index (χ3n) is 4.30. The average molecular weight is 334 g/mol. The molecule has 0 radical (unpaired) electrons. The van der Waals surface area contributed by atoms with E-state index in [4.69, 9.17) is 0 Å². The number of nitrogens with one attached hydrogen (secondary N) is 1. The van der Waals surface area contributed by atoms with E-state index in [-0.39, 0.29) is 11.8 Å². The van der Waals surface area contributed by atoms with E-state index in [9.17, 15) is 9.59 Å². The van der Waals surface area contributed by atoms with Gasteiger partial charge in [0.25, 0.3) is 5.91 Å². The van der Waals surface area contributed by atoms with Crippen molar-refractivity contribution in [3.63, 3.8) is 0 Å². The summed E-state index contributed by atoms with van der Waals surface area (Å²) in [5.74, 6) is -0.131. The van der Waals surface area contributed by atoms with E-state index in [0.29, 0.717) is 11.3 Å². The molecule has 4 nitrogen and oxygen atoms in total. The Morgan fingerprint density at radius 2 is 1.60 bits per heavy atom. The lowest BCUT2D eigenvalue weighted by atomic mass is 10.1. The number of amides is 2. The van der Waals surface area contributed by atoms with Crippen LogP contribution in [-0.4, -0.2) is 29.8 Å². The molecule has 3 rings (SSSR count). The van der Waals surface area contributed by atoms with Gasteiger partial charge in [-0.15, -0.1) is 0 Å². The largest absolute Gasteiger partial charge is 0.339 e. The van der Waals surface area contributed by atoms with Gasteiger partial charge in [-0.2, -0.15) is 0 Å². The molecule has 1 aliphatic rings. The zero-order valence-electron chi connectivity index (χ0n) is 14.4. The number of hydrogen-bond donors (Lipinski definition) is 1. The molecule has 2 amide bonds. The molecule has 0 aliphatic carbocycles. The highest BCUT2D eigenvalue weighted by Gasteiger charge is 2.19. The Labute approximate surface area is 148 Å². The molecule has 1 N–H and O–H groups in total. The maximum Gasteiger partial charge on any atom is 0.253 e. The number of nitrogens with zero attached hydrogens (tertiary/aromatic N) is 1. The van der Waals surface area contributed by atoms with Gasteiger partial charge in [0.1, 0.15) is 0 Å². The van der Waals surface area contributed by atoms with E-state index in [1.165, 1.54) is 11.6 Å². The van der Waals surface area contributed by atoms with Crippen LogP contribution >= 0.6 is 0 Å². The average Bonchev–Trinajstić information content (AvgIpc) is 3.16. The van der Waals surface area contributed by atoms with Gasteiger partial charge in [-0.3, -0.25) is 9.59 Å². The Bertz CT molecular complexity index is 771. The van der Waals surface area contributed by atoms with Crippen LogP contribution in [0, 0.1) is 6.92 Å². The van der Waals surface area contributed by atoms with Gasteiger partial charge in [-0.1, -0.05) is 29.8 Å². The molecule has 0 unspecified atom stereocenters. The van der Waals surface area contributed by atoms with Gasteiger partial charge in [0.05, 0.1) is 0 Å². The van der Waals surface area contributed by atoms with Gasteiger partial charge < -0.3 is 10.2 Å². The predicted octanol–water partition coefficient (Wildman–Crippen LogP) is 3.88. The first-order valence-corrected chi connectivity index (χ1v) is 8.57. The summed E-state index contributed by atoms with van der Waals surface area (Å²) in [6, 6.07) is 15.0. The fourth-order valence-electron chi connectivity index (χ4n) is 2.83. The van der Waals surface area contributed by atoms with E-state index in [1.807, 2.05) is 36.1 Å². The van der Waals surface area contributed by atoms with Crippen molar-refractivity contribution in [1.29, 1.82) is 0 Å². The van der Waals surface area contributed by atoms with E-state index < -0.39 is 0 Å². The number of benzene rings is 2. The van der Waals surface area contributed by atoms with Crippen LogP contribution in [0.4, 0.5) is 5.69 Å². The van der Waals surface area contributed by atoms with Crippen molar-refractivity contribution in [3.8, 4) is 0 Å². The summed E-state index contributed by atoms with van der Waals surface area (Å²) >= 11 is 0. The van der Waals surface area contributed by atoms with Crippen molar-refractivity contribution in [1.82, 2.24) is 4.90 Å². The summed E-state index contributed by atoms with van der Waals surface area (Å²) in [5.41, 5.74) is 3.50. The number of rotatable bonds is 4. The topological polar surface area (TPSA) is 49.4 Å². The van der Waals surface area contributed by atoms with Gasteiger partial charge in [-0.25, -0.2) is 0 Å². The van der Waals surface area contributed by atoms with E-state index in [2.05, 4.69) is 5.32 Å². The first kappa shape index (κ1) is 17.0. The molecule has 2 aromatic rings. The standard InChI is InChI=1S/C21H22N2O2/c1-16-4-6-17(7-5-16)8-13-20(24)22-19-11-9-18(10-12-19)21(25)23-14-2-3-15-23/h4-13H,2-3,14-15H2,1H3,(H,22,24)/b13-8+. The fraction of sp³-hybridized carbons (Fsp3) is 0.238. The molecule has 1 heterocycles. The lowest BCUT2D eigenvalue weighted by Gasteiger charge is -2.15. The number of hydrogen-bond acceptors (Lipinski definition) is 2. The highest BCUT2D eigenvalue weighted by atomic mass is 16.2. The van der Waals surface area contributed by atoms with Gasteiger partial charge in [-0.05, 0) is 55.7 Å². The number of carbonyl (C=O) groups excluding carboxylic acids is 2. The Kier molecular flexibility index (Phi) is 5.29. The molecule has 4 heteroatoms. The van der Waals surface area contributed by atoms with Gasteiger partial charge in [0.2, 0.25) is 5.91 Å². The zero-order chi connectivity index (χ0) is 17.6. The molecule has 0 spiro atoms. The molecule has 25 heavy (non-hydrogen) atoms. The minimum atomic E-state index is -0.195. The van der Waals surface area contributed by atoms with Crippen molar-refractivity contribution in [2.45, 2.75) is 19.8 Å². The molecule has 0 bridgehead atoms. The first-order chi connectivity index (χ1) is 12.1. The van der Waals surface area contributed by atoms with E-state index >= 15 is 0 Å². The number of likely N-dealkylation sites (tertiary alicyclic amines) is 1. The molecule has 1 fully saturated rings. The van der Waals surface area contributed by atoms with Gasteiger partial charge in [0, 0.05) is 30.4 Å². The van der Waals surface area contributed by atoms with Crippen LogP contribution in [0.15, 0.2) is 54.6 Å². The summed E-state index contributed by atoms with van der Waals surface area (Å²) in [6.07, 6.45) is 5.44. The third-order valence-corrected chi connectivity index (χ3v) is 4.30. The Morgan fingerprint density at radius 3 is 2.24 bits per heavy atom. The van der Waals surface area contributed by atoms with E-state index in [0.717, 1.165) is 31.5 Å². The molecule has 2 aromatic carbocycles. The number of anilines is 1. The molecule has 1 saturated heterocycles. The summed E-state index contributed by atoms with van der Waals surface area (Å²) in [5, 5.41) is 2.81. The summed E-state index contributed by atoms with van der Waals surface area (Å²) in [7, 11) is 0. The quantitative estimate of drug-likeness (QED) is 0.863. The highest BCUT2D eigenvalue weighted by molar-refractivity contribution is 6.02. The van der Waals surface area contributed by atoms with Gasteiger partial charge in [0.15, 0.2) is 0 Å². The van der Waals surface area contributed by atoms with Crippen molar-refractivity contribution in [2.24, 2.45) is 0 Å². The molecule has 128 valence electrons. The van der Waals surface area contributed by atoms with Crippen molar-refractivity contribution < 1.29 is 9.59 Å². The zero-order valence-corrected chi connectivity index (χ0v) is 14.4. The smallest absolute Gasteiger partial charge is 0.253 e. The summed E-state index contributed by atoms with van der Waals surface area (Å²) < 4.78 is 0. The van der Waals surface area contributed by atoms with Crippen molar-refractivity contribution in [2.75, 3.05) is 18.4 Å². The Balaban J connectivity index is 1.58. The lowest BCUT2D eigenvalue weighted by molar-refractivity contribution is -0.111. The van der Waals surface area contributed by atoms with Crippen LogP contribution < -0.4 is 5.32 Å². The molecule has 0 aromatic heterocycles. The number of carbonyl (C=O) groups is 2. The summed E-state index contributed by atoms with van der Waals surface area (Å²) in [6.45, 7) is 3.70. The molecular weight excluding hydrogens is 312 g/mol. The molecule has 0 atom stereocenters. The van der Waals surface area contributed by atoms with Crippen LogP contribution in [0.5, 0.6) is 0 Å². The number of aryl methyl sites for hydroxylation is 1. The van der Waals surface area contributed by atoms with Crippen LogP contribution in [-0.2, 0) is 4.79 Å². The normalized spacial score (nSPS) is 14.0. The second-order valence-electron chi connectivity index (χ2n) is 6.31. The van der Waals surface area contributed by atoms with Crippen LogP contribution in [0.25, 0.3) is 6.08 Å². The molecular formula is C21H22N2O2. The highest BCUT2D eigenvalue weighted by Crippen LogP contribution is 2.15. The monoisotopic (exact) mass is 334 g/mol. The van der Waals surface area contributed by atoms with Crippen molar-refractivity contribution in [3.05, 3.63) is 71.3 Å². The van der Waals surface area contributed by atoms with Gasteiger partial charge >= 0.3 is 0 Å². The van der Waals surface area contributed by atoms with E-state index in [1.54, 1.807) is 30.3 Å². The second kappa shape index (κ2) is 7.79. The lowest BCUT2D eigenvalue weighted by Crippen LogP contribution is -2.27. The minimum Gasteiger partial charge on any atom is -0.339 e. The summed E-state index contributed by atoms with van der Waals surface area (Å²) in [4.78, 5) is 26.2. The fourth-order valence-corrected chi connectivity index (χ4v) is 2.83. The molecule has 0 saturated carbocycles. The SMILES string of the molecule is Cc1ccc(/C=C/C(=O)Nc2ccc(C(=O)N3CCCC3)cc2)cc1.